The Bertz CT molecular complexity index is 301. The molecule has 78 valence electrons. The van der Waals surface area contributed by atoms with Crippen LogP contribution in [0.1, 0.15) is 20.8 Å². The van der Waals surface area contributed by atoms with Crippen LogP contribution in [0, 0.1) is 11.3 Å². The van der Waals surface area contributed by atoms with Crippen LogP contribution in [0.4, 0.5) is 0 Å². The highest BCUT2D eigenvalue weighted by atomic mass is 16.5. The highest BCUT2D eigenvalue weighted by molar-refractivity contribution is 5.86. The van der Waals surface area contributed by atoms with Gasteiger partial charge >= 0.3 is 11.9 Å². The van der Waals surface area contributed by atoms with Crippen LogP contribution in [-0.2, 0) is 14.3 Å². The molecule has 1 atom stereocenters. The SMILES string of the molecule is CC(=CC1COC(=O)C1(C)C)C(=O)O. The van der Waals surface area contributed by atoms with E-state index in [0.29, 0.717) is 0 Å². The van der Waals surface area contributed by atoms with Crippen LogP contribution in [0.3, 0.4) is 0 Å². The number of carbonyl (C=O) groups is 2. The Hall–Kier alpha value is -1.32. The molecule has 1 aliphatic rings. The number of cyclic esters (lactones) is 1. The van der Waals surface area contributed by atoms with Crippen molar-refractivity contribution in [3.8, 4) is 0 Å². The van der Waals surface area contributed by atoms with E-state index in [0.717, 1.165) is 0 Å². The lowest BCUT2D eigenvalue weighted by Crippen LogP contribution is -2.25. The highest BCUT2D eigenvalue weighted by Gasteiger charge is 2.43. The molecule has 1 saturated heterocycles. The third-order valence-electron chi connectivity index (χ3n) is 2.64. The minimum absolute atomic E-state index is 0.147. The Morgan fingerprint density at radius 1 is 1.64 bits per heavy atom. The van der Waals surface area contributed by atoms with Gasteiger partial charge in [-0.2, -0.15) is 0 Å². The molecular weight excluding hydrogens is 184 g/mol. The molecular formula is C10H14O4. The average molecular weight is 198 g/mol. The molecule has 0 aromatic carbocycles. The van der Waals surface area contributed by atoms with Crippen molar-refractivity contribution in [1.29, 1.82) is 0 Å². The van der Waals surface area contributed by atoms with E-state index in [9.17, 15) is 9.59 Å². The van der Waals surface area contributed by atoms with Crippen molar-refractivity contribution >= 4 is 11.9 Å². The molecule has 0 amide bonds. The van der Waals surface area contributed by atoms with E-state index in [4.69, 9.17) is 9.84 Å². The van der Waals surface area contributed by atoms with Crippen molar-refractivity contribution in [1.82, 2.24) is 0 Å². The van der Waals surface area contributed by atoms with Gasteiger partial charge in [-0.25, -0.2) is 4.79 Å². The largest absolute Gasteiger partial charge is 0.478 e. The molecule has 0 bridgehead atoms. The molecule has 0 aliphatic carbocycles. The van der Waals surface area contributed by atoms with Gasteiger partial charge in [0.15, 0.2) is 0 Å². The summed E-state index contributed by atoms with van der Waals surface area (Å²) in [5.74, 6) is -1.37. The fraction of sp³-hybridized carbons (Fsp3) is 0.600. The van der Waals surface area contributed by atoms with E-state index in [-0.39, 0.29) is 24.1 Å². The monoisotopic (exact) mass is 198 g/mol. The first-order chi connectivity index (χ1) is 6.35. The number of esters is 1. The third kappa shape index (κ3) is 1.78. The van der Waals surface area contributed by atoms with Gasteiger partial charge in [-0.3, -0.25) is 4.79 Å². The first-order valence-corrected chi connectivity index (χ1v) is 4.44. The van der Waals surface area contributed by atoms with E-state index in [2.05, 4.69) is 0 Å². The van der Waals surface area contributed by atoms with Crippen molar-refractivity contribution in [3.05, 3.63) is 11.6 Å². The molecule has 1 unspecified atom stereocenters. The van der Waals surface area contributed by atoms with Crippen LogP contribution in [0.25, 0.3) is 0 Å². The molecule has 1 fully saturated rings. The average Bonchev–Trinajstić information content (AvgIpc) is 2.31. The number of hydrogen-bond donors (Lipinski definition) is 1. The van der Waals surface area contributed by atoms with Crippen molar-refractivity contribution in [2.75, 3.05) is 6.61 Å². The topological polar surface area (TPSA) is 63.6 Å². The third-order valence-corrected chi connectivity index (χ3v) is 2.64. The zero-order chi connectivity index (χ0) is 10.9. The van der Waals surface area contributed by atoms with Crippen molar-refractivity contribution in [3.63, 3.8) is 0 Å². The predicted molar refractivity (Wildman–Crippen MR) is 49.6 cm³/mol. The molecule has 1 aliphatic heterocycles. The number of ether oxygens (including phenoxy) is 1. The van der Waals surface area contributed by atoms with Gasteiger partial charge in [0, 0.05) is 11.5 Å². The van der Waals surface area contributed by atoms with Gasteiger partial charge in [0.05, 0.1) is 12.0 Å². The lowest BCUT2D eigenvalue weighted by molar-refractivity contribution is -0.145. The van der Waals surface area contributed by atoms with Gasteiger partial charge in [0.1, 0.15) is 0 Å². The summed E-state index contributed by atoms with van der Waals surface area (Å²) in [6.07, 6.45) is 1.59. The summed E-state index contributed by atoms with van der Waals surface area (Å²) < 4.78 is 4.88. The Kier molecular flexibility index (Phi) is 2.64. The molecule has 4 nitrogen and oxygen atoms in total. The Morgan fingerprint density at radius 3 is 2.57 bits per heavy atom. The van der Waals surface area contributed by atoms with Gasteiger partial charge < -0.3 is 9.84 Å². The highest BCUT2D eigenvalue weighted by Crippen LogP contribution is 2.36. The molecule has 0 radical (unpaired) electrons. The summed E-state index contributed by atoms with van der Waals surface area (Å²) in [6.45, 7) is 5.31. The van der Waals surface area contributed by atoms with Gasteiger partial charge in [-0.15, -0.1) is 0 Å². The number of carboxylic acids is 1. The summed E-state index contributed by atoms with van der Waals surface area (Å²) in [6, 6.07) is 0. The molecule has 0 saturated carbocycles. The Labute approximate surface area is 82.6 Å². The van der Waals surface area contributed by atoms with Crippen LogP contribution in [0.15, 0.2) is 11.6 Å². The van der Waals surface area contributed by atoms with Crippen LogP contribution in [-0.4, -0.2) is 23.7 Å². The minimum Gasteiger partial charge on any atom is -0.478 e. The fourth-order valence-corrected chi connectivity index (χ4v) is 1.34. The normalized spacial score (nSPS) is 26.1. The molecule has 1 rings (SSSR count). The molecule has 4 heteroatoms. The zero-order valence-corrected chi connectivity index (χ0v) is 8.53. The molecule has 0 spiro atoms. The Balaban J connectivity index is 2.87. The fourth-order valence-electron chi connectivity index (χ4n) is 1.34. The second-order valence-corrected chi connectivity index (χ2v) is 4.08. The van der Waals surface area contributed by atoms with Crippen molar-refractivity contribution in [2.45, 2.75) is 20.8 Å². The maximum atomic E-state index is 11.3. The quantitative estimate of drug-likeness (QED) is 0.535. The standard InChI is InChI=1S/C10H14O4/c1-6(8(11)12)4-7-5-14-9(13)10(7,2)3/h4,7H,5H2,1-3H3,(H,11,12). The van der Waals surface area contributed by atoms with Crippen LogP contribution >= 0.6 is 0 Å². The minimum atomic E-state index is -0.958. The summed E-state index contributed by atoms with van der Waals surface area (Å²) in [5, 5.41) is 8.68. The Morgan fingerprint density at radius 2 is 2.21 bits per heavy atom. The van der Waals surface area contributed by atoms with Gasteiger partial charge in [-0.1, -0.05) is 6.08 Å². The lowest BCUT2D eigenvalue weighted by Gasteiger charge is -2.18. The first-order valence-electron chi connectivity index (χ1n) is 4.44. The first kappa shape index (κ1) is 10.8. The molecule has 0 aromatic rings. The van der Waals surface area contributed by atoms with Crippen LogP contribution in [0.2, 0.25) is 0 Å². The summed E-state index contributed by atoms with van der Waals surface area (Å²) in [5.41, 5.74) is -0.363. The van der Waals surface area contributed by atoms with Crippen molar-refractivity contribution in [2.24, 2.45) is 11.3 Å². The van der Waals surface area contributed by atoms with E-state index < -0.39 is 11.4 Å². The van der Waals surface area contributed by atoms with Crippen LogP contribution in [0.5, 0.6) is 0 Å². The second kappa shape index (κ2) is 3.44. The lowest BCUT2D eigenvalue weighted by atomic mass is 9.80. The van der Waals surface area contributed by atoms with E-state index in [1.165, 1.54) is 6.92 Å². The molecule has 1 heterocycles. The molecule has 0 aromatic heterocycles. The molecule has 1 N–H and O–H groups in total. The number of rotatable bonds is 2. The van der Waals surface area contributed by atoms with E-state index in [1.807, 2.05) is 0 Å². The smallest absolute Gasteiger partial charge is 0.330 e. The predicted octanol–water partition coefficient (Wildman–Crippen LogP) is 1.22. The number of carbonyl (C=O) groups excluding carboxylic acids is 1. The van der Waals surface area contributed by atoms with Gasteiger partial charge in [-0.05, 0) is 20.8 Å². The number of carboxylic acid groups (broad SMARTS) is 1. The van der Waals surface area contributed by atoms with Crippen molar-refractivity contribution < 1.29 is 19.4 Å². The van der Waals surface area contributed by atoms with Gasteiger partial charge in [0.2, 0.25) is 0 Å². The maximum absolute atomic E-state index is 11.3. The summed E-state index contributed by atoms with van der Waals surface area (Å²) >= 11 is 0. The maximum Gasteiger partial charge on any atom is 0.330 e. The van der Waals surface area contributed by atoms with Gasteiger partial charge in [0.25, 0.3) is 0 Å². The number of hydrogen-bond acceptors (Lipinski definition) is 3. The summed E-state index contributed by atoms with van der Waals surface area (Å²) in [7, 11) is 0. The molecule has 14 heavy (non-hydrogen) atoms. The second-order valence-electron chi connectivity index (χ2n) is 4.08. The number of aliphatic carboxylic acids is 1. The van der Waals surface area contributed by atoms with E-state index in [1.54, 1.807) is 19.9 Å². The zero-order valence-electron chi connectivity index (χ0n) is 8.53. The summed E-state index contributed by atoms with van der Waals surface area (Å²) in [4.78, 5) is 21.8. The van der Waals surface area contributed by atoms with E-state index >= 15 is 0 Å². The van der Waals surface area contributed by atoms with Crippen LogP contribution < -0.4 is 0 Å².